The minimum Gasteiger partial charge on any atom is -0.481 e. The lowest BCUT2D eigenvalue weighted by atomic mass is 10.0. The molecule has 4 aromatic rings. The molecule has 3 aromatic carbocycles. The van der Waals surface area contributed by atoms with Gasteiger partial charge in [-0.15, -0.1) is 11.3 Å². The maximum absolute atomic E-state index is 12.3. The van der Waals surface area contributed by atoms with Gasteiger partial charge in [-0.2, -0.15) is 0 Å². The molecule has 2 N–H and O–H groups in total. The molecule has 39 heavy (non-hydrogen) atoms. The van der Waals surface area contributed by atoms with Gasteiger partial charge in [0.1, 0.15) is 0 Å². The number of thiazole rings is 1. The molecule has 0 aliphatic carbocycles. The molecule has 0 spiro atoms. The van der Waals surface area contributed by atoms with Crippen LogP contribution in [0.15, 0.2) is 78.2 Å². The van der Waals surface area contributed by atoms with Crippen LogP contribution in [-0.2, 0) is 11.3 Å². The number of carboxylic acids is 1. The molecule has 1 heterocycles. The number of nitro groups is 1. The van der Waals surface area contributed by atoms with Gasteiger partial charge in [0.25, 0.3) is 11.6 Å². The van der Waals surface area contributed by atoms with E-state index >= 15 is 0 Å². The first-order chi connectivity index (χ1) is 18.7. The van der Waals surface area contributed by atoms with E-state index in [1.165, 1.54) is 29.0 Å². The van der Waals surface area contributed by atoms with Crippen molar-refractivity contribution in [2.45, 2.75) is 32.7 Å². The van der Waals surface area contributed by atoms with Crippen LogP contribution in [0.4, 0.5) is 16.5 Å². The number of rotatable bonds is 11. The van der Waals surface area contributed by atoms with Crippen molar-refractivity contribution in [2.75, 3.05) is 11.4 Å². The van der Waals surface area contributed by atoms with E-state index < -0.39 is 10.9 Å². The number of non-ortho nitro benzene ring substituents is 1. The van der Waals surface area contributed by atoms with Gasteiger partial charge in [0.05, 0.1) is 23.6 Å². The van der Waals surface area contributed by atoms with E-state index in [0.717, 1.165) is 27.6 Å². The second kappa shape index (κ2) is 12.3. The van der Waals surface area contributed by atoms with E-state index in [9.17, 15) is 19.7 Å². The first kappa shape index (κ1) is 27.5. The fourth-order valence-corrected chi connectivity index (χ4v) is 4.77. The highest BCUT2D eigenvalue weighted by atomic mass is 32.1. The van der Waals surface area contributed by atoms with Gasteiger partial charge < -0.3 is 15.3 Å². The molecule has 0 fully saturated rings. The number of carbonyl (C=O) groups excluding carboxylic acids is 1. The minimum absolute atomic E-state index is 0.0279. The first-order valence-electron chi connectivity index (χ1n) is 12.4. The van der Waals surface area contributed by atoms with Crippen LogP contribution in [0.25, 0.3) is 11.3 Å². The number of hydrogen-bond donors (Lipinski definition) is 2. The van der Waals surface area contributed by atoms with Crippen molar-refractivity contribution >= 4 is 39.7 Å². The third-order valence-electron chi connectivity index (χ3n) is 6.15. The van der Waals surface area contributed by atoms with Crippen molar-refractivity contribution in [3.8, 4) is 11.3 Å². The molecule has 0 saturated heterocycles. The molecule has 0 aliphatic heterocycles. The molecule has 9 nitrogen and oxygen atoms in total. The van der Waals surface area contributed by atoms with Gasteiger partial charge in [0.15, 0.2) is 5.13 Å². The fourth-order valence-electron chi connectivity index (χ4n) is 3.91. The van der Waals surface area contributed by atoms with Crippen molar-refractivity contribution in [1.82, 2.24) is 10.3 Å². The average Bonchev–Trinajstić information content (AvgIpc) is 3.42. The Hall–Kier alpha value is -4.57. The van der Waals surface area contributed by atoms with E-state index in [1.54, 1.807) is 24.3 Å². The molecule has 0 bridgehead atoms. The monoisotopic (exact) mass is 544 g/mol. The molecule has 1 amide bonds. The van der Waals surface area contributed by atoms with E-state index in [0.29, 0.717) is 18.0 Å². The molecular formula is C29H28N4O5S. The number of anilines is 2. The summed E-state index contributed by atoms with van der Waals surface area (Å²) in [5.41, 5.74) is 5.13. The van der Waals surface area contributed by atoms with Crippen LogP contribution in [0.2, 0.25) is 0 Å². The molecule has 10 heteroatoms. The van der Waals surface area contributed by atoms with Gasteiger partial charge in [-0.3, -0.25) is 19.7 Å². The van der Waals surface area contributed by atoms with E-state index in [1.807, 2.05) is 17.5 Å². The van der Waals surface area contributed by atoms with Crippen molar-refractivity contribution in [3.63, 3.8) is 0 Å². The summed E-state index contributed by atoms with van der Waals surface area (Å²) in [4.78, 5) is 40.5. The molecule has 0 radical (unpaired) electrons. The fraction of sp³-hybridized carbons (Fsp3) is 0.207. The predicted molar refractivity (Wildman–Crippen MR) is 152 cm³/mol. The topological polar surface area (TPSA) is 126 Å². The SMILES string of the molecule is CC(C)c1ccc(N(Cc2ccc(C(=O)NCCC(=O)O)cc2)c2nc(-c3ccc([N+](=O)[O-])cc3)cs2)cc1. The van der Waals surface area contributed by atoms with E-state index in [4.69, 9.17) is 10.1 Å². The zero-order chi connectivity index (χ0) is 27.9. The summed E-state index contributed by atoms with van der Waals surface area (Å²) >= 11 is 1.48. The van der Waals surface area contributed by atoms with E-state index in [-0.39, 0.29) is 24.6 Å². The molecule has 200 valence electrons. The molecule has 0 aliphatic rings. The summed E-state index contributed by atoms with van der Waals surface area (Å²) in [5.74, 6) is -0.891. The largest absolute Gasteiger partial charge is 0.481 e. The number of aromatic nitrogens is 1. The smallest absolute Gasteiger partial charge is 0.305 e. The molecular weight excluding hydrogens is 516 g/mol. The Kier molecular flexibility index (Phi) is 8.67. The number of amides is 1. The Morgan fingerprint density at radius 3 is 2.28 bits per heavy atom. The highest BCUT2D eigenvalue weighted by molar-refractivity contribution is 7.14. The number of nitro benzene ring substituents is 1. The Balaban J connectivity index is 1.58. The lowest BCUT2D eigenvalue weighted by Gasteiger charge is -2.23. The van der Waals surface area contributed by atoms with Crippen molar-refractivity contribution in [3.05, 3.63) is 105 Å². The number of carboxylic acid groups (broad SMARTS) is 1. The predicted octanol–water partition coefficient (Wildman–Crippen LogP) is 6.38. The van der Waals surface area contributed by atoms with Crippen molar-refractivity contribution in [1.29, 1.82) is 0 Å². The number of aliphatic carboxylic acids is 1. The molecule has 0 unspecified atom stereocenters. The standard InChI is InChI=1S/C29H28N4O5S/c1-19(2)21-7-11-24(12-8-21)32(17-20-3-5-23(6-4-20)28(36)30-16-15-27(34)35)29-31-26(18-39-29)22-9-13-25(14-10-22)33(37)38/h3-14,18-19H,15-17H2,1-2H3,(H,30,36)(H,34,35). The van der Waals surface area contributed by atoms with Crippen molar-refractivity contribution < 1.29 is 19.6 Å². The van der Waals surface area contributed by atoms with Crippen LogP contribution in [0.5, 0.6) is 0 Å². The zero-order valence-electron chi connectivity index (χ0n) is 21.5. The van der Waals surface area contributed by atoms with Gasteiger partial charge in [-0.1, -0.05) is 38.1 Å². The number of hydrogen-bond acceptors (Lipinski definition) is 7. The maximum atomic E-state index is 12.3. The number of nitrogens with one attached hydrogen (secondary N) is 1. The number of nitrogens with zero attached hydrogens (tertiary/aromatic N) is 3. The first-order valence-corrected chi connectivity index (χ1v) is 13.3. The lowest BCUT2D eigenvalue weighted by molar-refractivity contribution is -0.384. The minimum atomic E-state index is -0.967. The Morgan fingerprint density at radius 1 is 1.03 bits per heavy atom. The summed E-state index contributed by atoms with van der Waals surface area (Å²) in [6.45, 7) is 4.85. The zero-order valence-corrected chi connectivity index (χ0v) is 22.4. The highest BCUT2D eigenvalue weighted by Gasteiger charge is 2.17. The van der Waals surface area contributed by atoms with Crippen LogP contribution in [0.1, 0.15) is 47.7 Å². The molecule has 4 rings (SSSR count). The molecule has 1 aromatic heterocycles. The number of benzene rings is 3. The normalized spacial score (nSPS) is 10.8. The average molecular weight is 545 g/mol. The molecule has 0 saturated carbocycles. The van der Waals surface area contributed by atoms with Crippen LogP contribution in [0.3, 0.4) is 0 Å². The van der Waals surface area contributed by atoms with Crippen molar-refractivity contribution in [2.24, 2.45) is 0 Å². The lowest BCUT2D eigenvalue weighted by Crippen LogP contribution is -2.26. The maximum Gasteiger partial charge on any atom is 0.305 e. The van der Waals surface area contributed by atoms with Gasteiger partial charge in [-0.25, -0.2) is 4.98 Å². The second-order valence-electron chi connectivity index (χ2n) is 9.25. The third-order valence-corrected chi connectivity index (χ3v) is 7.01. The third kappa shape index (κ3) is 7.05. The Labute approximate surface area is 229 Å². The van der Waals surface area contributed by atoms with Crippen LogP contribution in [0, 0.1) is 10.1 Å². The molecule has 0 atom stereocenters. The van der Waals surface area contributed by atoms with Crippen LogP contribution in [-0.4, -0.2) is 33.4 Å². The Morgan fingerprint density at radius 2 is 1.69 bits per heavy atom. The summed E-state index contributed by atoms with van der Waals surface area (Å²) in [6, 6.07) is 21.8. The van der Waals surface area contributed by atoms with Crippen LogP contribution >= 0.6 is 11.3 Å². The second-order valence-corrected chi connectivity index (χ2v) is 10.1. The summed E-state index contributed by atoms with van der Waals surface area (Å²) in [6.07, 6.45) is -0.135. The summed E-state index contributed by atoms with van der Waals surface area (Å²) in [7, 11) is 0. The highest BCUT2D eigenvalue weighted by Crippen LogP contribution is 2.34. The van der Waals surface area contributed by atoms with Gasteiger partial charge >= 0.3 is 5.97 Å². The number of carbonyl (C=O) groups is 2. The van der Waals surface area contributed by atoms with Gasteiger partial charge in [-0.05, 0) is 53.4 Å². The van der Waals surface area contributed by atoms with Gasteiger partial charge in [0.2, 0.25) is 0 Å². The Bertz CT molecular complexity index is 1450. The quantitative estimate of drug-likeness (QED) is 0.166. The summed E-state index contributed by atoms with van der Waals surface area (Å²) < 4.78 is 0. The van der Waals surface area contributed by atoms with Gasteiger partial charge in [0, 0.05) is 40.9 Å². The summed E-state index contributed by atoms with van der Waals surface area (Å²) in [5, 5.41) is 25.1. The van der Waals surface area contributed by atoms with E-state index in [2.05, 4.69) is 48.3 Å². The van der Waals surface area contributed by atoms with Crippen LogP contribution < -0.4 is 10.2 Å².